The fourth-order valence-corrected chi connectivity index (χ4v) is 1.71. The number of piperazine rings is 1. The van der Waals surface area contributed by atoms with Crippen LogP contribution in [0.1, 0.15) is 0 Å². The number of aliphatic imine (C=N–C) groups is 1. The number of aliphatic carboxylic acids is 1. The molecular formula is C7H11N3O2. The van der Waals surface area contributed by atoms with Gasteiger partial charge in [0.25, 0.3) is 0 Å². The van der Waals surface area contributed by atoms with Crippen LogP contribution in [0.3, 0.4) is 0 Å². The molecule has 0 aromatic carbocycles. The molecule has 0 saturated carbocycles. The Morgan fingerprint density at radius 2 is 2.58 bits per heavy atom. The lowest BCUT2D eigenvalue weighted by molar-refractivity contribution is -0.141. The van der Waals surface area contributed by atoms with Crippen molar-refractivity contribution >= 4 is 12.3 Å². The maximum Gasteiger partial charge on any atom is 0.322 e. The lowest BCUT2D eigenvalue weighted by atomic mass is 10.1. The molecule has 12 heavy (non-hydrogen) atoms. The summed E-state index contributed by atoms with van der Waals surface area (Å²) in [5.74, 6) is -0.782. The molecule has 2 rings (SSSR count). The highest BCUT2D eigenvalue weighted by molar-refractivity contribution is 5.76. The molecule has 1 saturated heterocycles. The van der Waals surface area contributed by atoms with E-state index in [2.05, 4.69) is 10.3 Å². The molecule has 2 aliphatic rings. The summed E-state index contributed by atoms with van der Waals surface area (Å²) in [7, 11) is 0. The summed E-state index contributed by atoms with van der Waals surface area (Å²) in [6, 6.07) is -0.433. The molecule has 0 aliphatic carbocycles. The van der Waals surface area contributed by atoms with Gasteiger partial charge in [0.15, 0.2) is 0 Å². The molecule has 0 aromatic heterocycles. The second kappa shape index (κ2) is 2.75. The standard InChI is InChI=1S/C7H11N3O2/c11-7(12)6-5-3-8-4-10(5)2-1-9-6/h4-6,9H,1-3H2,(H,11,12). The van der Waals surface area contributed by atoms with E-state index in [1.165, 1.54) is 0 Å². The van der Waals surface area contributed by atoms with E-state index >= 15 is 0 Å². The Morgan fingerprint density at radius 1 is 1.75 bits per heavy atom. The molecule has 5 heteroatoms. The highest BCUT2D eigenvalue weighted by Gasteiger charge is 2.36. The van der Waals surface area contributed by atoms with Gasteiger partial charge in [0.05, 0.1) is 18.9 Å². The van der Waals surface area contributed by atoms with Crippen molar-refractivity contribution in [3.8, 4) is 0 Å². The molecule has 2 heterocycles. The van der Waals surface area contributed by atoms with Crippen molar-refractivity contribution < 1.29 is 9.90 Å². The van der Waals surface area contributed by atoms with E-state index in [-0.39, 0.29) is 6.04 Å². The molecule has 66 valence electrons. The molecule has 2 unspecified atom stereocenters. The van der Waals surface area contributed by atoms with E-state index in [1.807, 2.05) is 4.90 Å². The third-order valence-corrected chi connectivity index (χ3v) is 2.33. The topological polar surface area (TPSA) is 64.9 Å². The monoisotopic (exact) mass is 169 g/mol. The number of rotatable bonds is 1. The van der Waals surface area contributed by atoms with Crippen molar-refractivity contribution in [2.24, 2.45) is 4.99 Å². The molecule has 0 spiro atoms. The highest BCUT2D eigenvalue weighted by Crippen LogP contribution is 2.12. The van der Waals surface area contributed by atoms with Crippen LogP contribution in [0.5, 0.6) is 0 Å². The fourth-order valence-electron chi connectivity index (χ4n) is 1.71. The zero-order chi connectivity index (χ0) is 8.55. The van der Waals surface area contributed by atoms with Crippen molar-refractivity contribution in [1.29, 1.82) is 0 Å². The Hall–Kier alpha value is -1.10. The zero-order valence-electron chi connectivity index (χ0n) is 6.60. The van der Waals surface area contributed by atoms with Crippen LogP contribution in [-0.4, -0.2) is 54.0 Å². The van der Waals surface area contributed by atoms with E-state index in [9.17, 15) is 4.79 Å². The molecule has 2 N–H and O–H groups in total. The van der Waals surface area contributed by atoms with Gasteiger partial charge in [-0.25, -0.2) is 0 Å². The van der Waals surface area contributed by atoms with E-state index in [0.29, 0.717) is 6.54 Å². The van der Waals surface area contributed by atoms with Gasteiger partial charge < -0.3 is 15.3 Å². The molecule has 2 aliphatic heterocycles. The number of carboxylic acid groups (broad SMARTS) is 1. The van der Waals surface area contributed by atoms with Crippen LogP contribution in [0, 0.1) is 0 Å². The predicted molar refractivity (Wildman–Crippen MR) is 43.3 cm³/mol. The molecular weight excluding hydrogens is 158 g/mol. The average Bonchev–Trinajstić information content (AvgIpc) is 2.49. The fraction of sp³-hybridized carbons (Fsp3) is 0.714. The number of hydrogen-bond acceptors (Lipinski definition) is 4. The van der Waals surface area contributed by atoms with Gasteiger partial charge in [-0.1, -0.05) is 0 Å². The number of carbonyl (C=O) groups is 1. The maximum atomic E-state index is 10.8. The third-order valence-electron chi connectivity index (χ3n) is 2.33. The Labute approximate surface area is 70.1 Å². The van der Waals surface area contributed by atoms with Crippen LogP contribution in [0.2, 0.25) is 0 Å². The van der Waals surface area contributed by atoms with Gasteiger partial charge in [-0.15, -0.1) is 0 Å². The second-order valence-electron chi connectivity index (χ2n) is 3.06. The quantitative estimate of drug-likeness (QED) is 0.515. The molecule has 0 radical (unpaired) electrons. The summed E-state index contributed by atoms with van der Waals surface area (Å²) in [6.07, 6.45) is 1.75. The summed E-state index contributed by atoms with van der Waals surface area (Å²) in [5, 5.41) is 11.8. The molecule has 1 fully saturated rings. The minimum Gasteiger partial charge on any atom is -0.480 e. The van der Waals surface area contributed by atoms with Gasteiger partial charge in [-0.3, -0.25) is 9.79 Å². The first-order chi connectivity index (χ1) is 5.79. The van der Waals surface area contributed by atoms with Crippen LogP contribution in [0.4, 0.5) is 0 Å². The van der Waals surface area contributed by atoms with Gasteiger partial charge in [-0.2, -0.15) is 0 Å². The van der Waals surface area contributed by atoms with E-state index in [0.717, 1.165) is 13.1 Å². The second-order valence-corrected chi connectivity index (χ2v) is 3.06. The van der Waals surface area contributed by atoms with Crippen molar-refractivity contribution in [3.63, 3.8) is 0 Å². The minimum atomic E-state index is -0.782. The Morgan fingerprint density at radius 3 is 3.33 bits per heavy atom. The normalized spacial score (nSPS) is 33.5. The number of carboxylic acids is 1. The van der Waals surface area contributed by atoms with Crippen molar-refractivity contribution in [2.75, 3.05) is 19.6 Å². The summed E-state index contributed by atoms with van der Waals surface area (Å²) in [5.41, 5.74) is 0. The number of nitrogens with zero attached hydrogens (tertiary/aromatic N) is 2. The number of hydrogen-bond donors (Lipinski definition) is 2. The third kappa shape index (κ3) is 1.06. The van der Waals surface area contributed by atoms with Gasteiger partial charge >= 0.3 is 5.97 Å². The molecule has 0 bridgehead atoms. The maximum absolute atomic E-state index is 10.8. The molecule has 0 aromatic rings. The van der Waals surface area contributed by atoms with Crippen molar-refractivity contribution in [1.82, 2.24) is 10.2 Å². The van der Waals surface area contributed by atoms with Crippen LogP contribution in [0.25, 0.3) is 0 Å². The van der Waals surface area contributed by atoms with Crippen LogP contribution < -0.4 is 5.32 Å². The lowest BCUT2D eigenvalue weighted by Gasteiger charge is -2.34. The van der Waals surface area contributed by atoms with Crippen molar-refractivity contribution in [2.45, 2.75) is 12.1 Å². The molecule has 5 nitrogen and oxygen atoms in total. The number of nitrogens with one attached hydrogen (secondary N) is 1. The Bertz CT molecular complexity index is 229. The largest absolute Gasteiger partial charge is 0.480 e. The van der Waals surface area contributed by atoms with Crippen molar-refractivity contribution in [3.05, 3.63) is 0 Å². The summed E-state index contributed by atoms with van der Waals surface area (Å²) in [4.78, 5) is 16.8. The van der Waals surface area contributed by atoms with Crippen LogP contribution in [-0.2, 0) is 4.79 Å². The average molecular weight is 169 g/mol. The lowest BCUT2D eigenvalue weighted by Crippen LogP contribution is -2.59. The Balaban J connectivity index is 2.11. The van der Waals surface area contributed by atoms with Gasteiger partial charge in [0.2, 0.25) is 0 Å². The summed E-state index contributed by atoms with van der Waals surface area (Å²) < 4.78 is 0. The smallest absolute Gasteiger partial charge is 0.322 e. The first-order valence-electron chi connectivity index (χ1n) is 4.01. The van der Waals surface area contributed by atoms with Gasteiger partial charge in [0, 0.05) is 13.1 Å². The van der Waals surface area contributed by atoms with Gasteiger partial charge in [0.1, 0.15) is 6.04 Å². The summed E-state index contributed by atoms with van der Waals surface area (Å²) >= 11 is 0. The zero-order valence-corrected chi connectivity index (χ0v) is 6.60. The van der Waals surface area contributed by atoms with Crippen LogP contribution in [0.15, 0.2) is 4.99 Å². The Kier molecular flexibility index (Phi) is 1.73. The predicted octanol–water partition coefficient (Wildman–Crippen LogP) is -1.24. The SMILES string of the molecule is O=C(O)C1NCCN2C=NCC12. The minimum absolute atomic E-state index is 0.0243. The van der Waals surface area contributed by atoms with E-state index in [4.69, 9.17) is 5.11 Å². The van der Waals surface area contributed by atoms with E-state index < -0.39 is 12.0 Å². The molecule has 2 atom stereocenters. The first kappa shape index (κ1) is 7.54. The number of fused-ring (bicyclic) bond motifs is 1. The highest BCUT2D eigenvalue weighted by atomic mass is 16.4. The van der Waals surface area contributed by atoms with Crippen LogP contribution >= 0.6 is 0 Å². The molecule has 0 amide bonds. The first-order valence-corrected chi connectivity index (χ1v) is 4.01. The summed E-state index contributed by atoms with van der Waals surface area (Å²) in [6.45, 7) is 2.18. The van der Waals surface area contributed by atoms with Gasteiger partial charge in [-0.05, 0) is 0 Å². The van der Waals surface area contributed by atoms with E-state index in [1.54, 1.807) is 6.34 Å².